The number of nitrogens with zero attached hydrogens (tertiary/aromatic N) is 2. The average Bonchev–Trinajstić information content (AvgIpc) is 2.72. The van der Waals surface area contributed by atoms with E-state index in [1.54, 1.807) is 6.07 Å². The number of hydrogen-bond acceptors (Lipinski definition) is 6. The third kappa shape index (κ3) is 6.32. The van der Waals surface area contributed by atoms with Crippen molar-refractivity contribution in [3.05, 3.63) is 70.1 Å². The Morgan fingerprint density at radius 1 is 1.23 bits per heavy atom. The number of halogens is 1. The molecule has 0 unspecified atom stereocenters. The van der Waals surface area contributed by atoms with E-state index in [2.05, 4.69) is 0 Å². The second-order valence-corrected chi connectivity index (χ2v) is 9.37. The molecule has 162 valence electrons. The molecule has 0 aliphatic carbocycles. The van der Waals surface area contributed by atoms with Crippen LogP contribution in [0, 0.1) is 11.1 Å². The molecular weight excluding hydrogens is 432 g/mol. The van der Waals surface area contributed by atoms with Gasteiger partial charge in [0.25, 0.3) is 15.3 Å². The monoisotopic (exact) mass is 454 g/mol. The maximum Gasteiger partial charge on any atom is 0.410 e. The molecule has 2 aromatic rings. The fourth-order valence-electron chi connectivity index (χ4n) is 3.47. The maximum absolute atomic E-state index is 12.7. The Hall–Kier alpha value is -2.36. The van der Waals surface area contributed by atoms with Crippen LogP contribution in [0.2, 0.25) is 5.15 Å². The summed E-state index contributed by atoms with van der Waals surface area (Å²) in [5, 5.41) is 11.9. The molecule has 0 radical (unpaired) electrons. The standard InChI is InChI=1S/C20H23ClN2O6S/c1-30(26,27)29-14-16-9-18(17-7-8-19(21)23(25)12-17)11-22(10-16)20(24)28-13-15-5-3-2-4-6-15/h2-8,12,16,18H,9-11,13-14H2,1H3/t16-,18+/m0/s1. The molecule has 8 nitrogen and oxygen atoms in total. The van der Waals surface area contributed by atoms with Crippen LogP contribution in [0.5, 0.6) is 0 Å². The molecule has 0 N–H and O–H groups in total. The van der Waals surface area contributed by atoms with Crippen LogP contribution in [0.15, 0.2) is 48.7 Å². The van der Waals surface area contributed by atoms with Crippen LogP contribution < -0.4 is 4.73 Å². The Morgan fingerprint density at radius 2 is 1.97 bits per heavy atom. The van der Waals surface area contributed by atoms with E-state index in [1.807, 2.05) is 30.3 Å². The van der Waals surface area contributed by atoms with Gasteiger partial charge in [0, 0.05) is 36.6 Å². The Labute approximate surface area is 180 Å². The molecule has 1 aliphatic heterocycles. The van der Waals surface area contributed by atoms with Crippen molar-refractivity contribution < 1.29 is 26.9 Å². The molecule has 0 bridgehead atoms. The first-order valence-corrected chi connectivity index (χ1v) is 11.6. The van der Waals surface area contributed by atoms with Gasteiger partial charge in [-0.15, -0.1) is 0 Å². The summed E-state index contributed by atoms with van der Waals surface area (Å²) in [5.74, 6) is -0.424. The topological polar surface area (TPSA) is 99.9 Å². The first-order valence-electron chi connectivity index (χ1n) is 9.40. The number of amides is 1. The van der Waals surface area contributed by atoms with Gasteiger partial charge in [-0.3, -0.25) is 4.18 Å². The highest BCUT2D eigenvalue weighted by Gasteiger charge is 2.33. The minimum atomic E-state index is -3.61. The minimum absolute atomic E-state index is 0.0469. The Kier molecular flexibility index (Phi) is 7.17. The normalized spacial score (nSPS) is 19.5. The number of ether oxygens (including phenoxy) is 1. The molecule has 1 aliphatic rings. The Morgan fingerprint density at radius 3 is 2.63 bits per heavy atom. The Balaban J connectivity index is 1.73. The molecule has 0 saturated carbocycles. The van der Waals surface area contributed by atoms with Crippen LogP contribution in [0.1, 0.15) is 23.5 Å². The predicted octanol–water partition coefficient (Wildman–Crippen LogP) is 2.69. The molecule has 3 rings (SSSR count). The number of carbonyl (C=O) groups excluding carboxylic acids is 1. The van der Waals surface area contributed by atoms with E-state index in [9.17, 15) is 18.4 Å². The lowest BCUT2D eigenvalue weighted by Gasteiger charge is -2.36. The van der Waals surface area contributed by atoms with E-state index in [1.165, 1.54) is 17.2 Å². The summed E-state index contributed by atoms with van der Waals surface area (Å²) >= 11 is 5.81. The number of benzene rings is 1. The quantitative estimate of drug-likeness (QED) is 0.288. The average molecular weight is 455 g/mol. The van der Waals surface area contributed by atoms with Crippen LogP contribution in [0.4, 0.5) is 4.79 Å². The van der Waals surface area contributed by atoms with E-state index >= 15 is 0 Å². The van der Waals surface area contributed by atoms with Gasteiger partial charge < -0.3 is 14.8 Å². The van der Waals surface area contributed by atoms with E-state index in [4.69, 9.17) is 20.5 Å². The largest absolute Gasteiger partial charge is 0.618 e. The fourth-order valence-corrected chi connectivity index (χ4v) is 4.02. The summed E-state index contributed by atoms with van der Waals surface area (Å²) < 4.78 is 33.7. The summed E-state index contributed by atoms with van der Waals surface area (Å²) in [6.45, 7) is 0.713. The second kappa shape index (κ2) is 9.63. The van der Waals surface area contributed by atoms with Crippen molar-refractivity contribution in [1.29, 1.82) is 0 Å². The van der Waals surface area contributed by atoms with Crippen molar-refractivity contribution in [2.45, 2.75) is 18.9 Å². The highest BCUT2D eigenvalue weighted by Crippen LogP contribution is 2.31. The summed E-state index contributed by atoms with van der Waals surface area (Å²) in [6.07, 6.45) is 2.41. The summed E-state index contributed by atoms with van der Waals surface area (Å²) in [7, 11) is -3.61. The van der Waals surface area contributed by atoms with Gasteiger partial charge in [-0.25, -0.2) is 4.79 Å². The highest BCUT2D eigenvalue weighted by molar-refractivity contribution is 7.85. The van der Waals surface area contributed by atoms with Gasteiger partial charge in [0.15, 0.2) is 6.20 Å². The smallest absolute Gasteiger partial charge is 0.410 e. The van der Waals surface area contributed by atoms with Crippen molar-refractivity contribution in [2.75, 3.05) is 26.0 Å². The van der Waals surface area contributed by atoms with E-state index in [0.29, 0.717) is 29.8 Å². The predicted molar refractivity (Wildman–Crippen MR) is 110 cm³/mol. The lowest BCUT2D eigenvalue weighted by atomic mass is 9.85. The van der Waals surface area contributed by atoms with Crippen LogP contribution >= 0.6 is 11.6 Å². The lowest BCUT2D eigenvalue weighted by Crippen LogP contribution is -2.45. The number of carbonyl (C=O) groups is 1. The molecule has 0 spiro atoms. The van der Waals surface area contributed by atoms with Crippen molar-refractivity contribution in [2.24, 2.45) is 5.92 Å². The summed E-state index contributed by atoms with van der Waals surface area (Å²) in [6, 6.07) is 12.5. The molecule has 1 saturated heterocycles. The highest BCUT2D eigenvalue weighted by atomic mass is 35.5. The molecular formula is C20H23ClN2O6S. The summed E-state index contributed by atoms with van der Waals surface area (Å²) in [4.78, 5) is 14.2. The molecule has 30 heavy (non-hydrogen) atoms. The number of piperidine rings is 1. The van der Waals surface area contributed by atoms with Crippen molar-refractivity contribution in [1.82, 2.24) is 4.90 Å². The first kappa shape index (κ1) is 22.3. The van der Waals surface area contributed by atoms with Gasteiger partial charge in [-0.05, 0) is 29.7 Å². The number of aromatic nitrogens is 1. The van der Waals surface area contributed by atoms with Crippen LogP contribution in [0.25, 0.3) is 0 Å². The zero-order chi connectivity index (χ0) is 21.7. The molecule has 1 amide bonds. The number of pyridine rings is 1. The second-order valence-electron chi connectivity index (χ2n) is 7.34. The molecule has 1 aromatic carbocycles. The molecule has 10 heteroatoms. The molecule has 2 heterocycles. The zero-order valence-corrected chi connectivity index (χ0v) is 18.0. The van der Waals surface area contributed by atoms with Gasteiger partial charge in [0.2, 0.25) is 0 Å². The van der Waals surface area contributed by atoms with Crippen LogP contribution in [0.3, 0.4) is 0 Å². The van der Waals surface area contributed by atoms with Crippen molar-refractivity contribution in [3.63, 3.8) is 0 Å². The number of likely N-dealkylation sites (tertiary alicyclic amines) is 1. The van der Waals surface area contributed by atoms with E-state index in [-0.39, 0.29) is 30.2 Å². The maximum atomic E-state index is 12.7. The molecule has 1 fully saturated rings. The SMILES string of the molecule is CS(=O)(=O)OC[C@H]1C[C@@H](c2ccc(Cl)[n+]([O-])c2)CN(C(=O)OCc2ccccc2)C1. The van der Waals surface area contributed by atoms with Gasteiger partial charge >= 0.3 is 6.09 Å². The molecule has 2 atom stereocenters. The van der Waals surface area contributed by atoms with Gasteiger partial charge in [0.1, 0.15) is 6.61 Å². The molecule has 1 aromatic heterocycles. The summed E-state index contributed by atoms with van der Waals surface area (Å²) in [5.41, 5.74) is 1.57. The zero-order valence-electron chi connectivity index (χ0n) is 16.4. The number of hydrogen-bond donors (Lipinski definition) is 0. The fraction of sp³-hybridized carbons (Fsp3) is 0.400. The van der Waals surface area contributed by atoms with E-state index in [0.717, 1.165) is 11.8 Å². The third-order valence-corrected chi connectivity index (χ3v) is 5.74. The minimum Gasteiger partial charge on any atom is -0.618 e. The van der Waals surface area contributed by atoms with E-state index < -0.39 is 16.2 Å². The van der Waals surface area contributed by atoms with Gasteiger partial charge in [-0.1, -0.05) is 30.3 Å². The van der Waals surface area contributed by atoms with Crippen LogP contribution in [-0.2, 0) is 25.6 Å². The van der Waals surface area contributed by atoms with Crippen LogP contribution in [-0.4, -0.2) is 45.4 Å². The van der Waals surface area contributed by atoms with Crippen molar-refractivity contribution in [3.8, 4) is 0 Å². The van der Waals surface area contributed by atoms with Gasteiger partial charge in [0.05, 0.1) is 12.9 Å². The first-order chi connectivity index (χ1) is 14.2. The lowest BCUT2D eigenvalue weighted by molar-refractivity contribution is -0.603. The van der Waals surface area contributed by atoms with Gasteiger partial charge in [-0.2, -0.15) is 13.1 Å². The van der Waals surface area contributed by atoms with Crippen molar-refractivity contribution >= 4 is 27.8 Å². The number of rotatable bonds is 6. The third-order valence-electron chi connectivity index (χ3n) is 4.88. The Bertz CT molecular complexity index is 986.